The number of unbranched alkanes of at least 4 members (excludes halogenated alkanes) is 7. The van der Waals surface area contributed by atoms with E-state index in [1.165, 1.54) is 32.1 Å². The van der Waals surface area contributed by atoms with Gasteiger partial charge in [-0.2, -0.15) is 0 Å². The summed E-state index contributed by atoms with van der Waals surface area (Å²) < 4.78 is 5.16. The van der Waals surface area contributed by atoms with Crippen LogP contribution in [0.25, 0.3) is 0 Å². The Balaban J connectivity index is 3.62. The highest BCUT2D eigenvalue weighted by Crippen LogP contribution is 2.05. The molecule has 4 heteroatoms. The smallest absolute Gasteiger partial charge is 0.328 e. The maximum atomic E-state index is 11.7. The molecule has 1 atom stereocenters. The molecule has 0 aliphatic rings. The Morgan fingerprint density at radius 1 is 0.905 bits per heavy atom. The molecule has 0 saturated carbocycles. The van der Waals surface area contributed by atoms with Gasteiger partial charge < -0.3 is 10.1 Å². The number of carbonyl (C=O) groups excluding carboxylic acids is 2. The number of amides is 1. The quantitative estimate of drug-likeness (QED) is 0.413. The summed E-state index contributed by atoms with van der Waals surface area (Å²) >= 11 is 0. The van der Waals surface area contributed by atoms with Gasteiger partial charge >= 0.3 is 5.97 Å². The van der Waals surface area contributed by atoms with Crippen molar-refractivity contribution >= 4 is 11.9 Å². The normalized spacial score (nSPS) is 12.0. The van der Waals surface area contributed by atoms with E-state index in [0.717, 1.165) is 25.7 Å². The minimum absolute atomic E-state index is 0.0538. The standard InChI is InChI=1S/C17H33NO3/c1-4-6-8-10-11-13-16(19)18-15(3)17(20)21-14-12-9-7-5-2/h15H,4-14H2,1-3H3,(H,18,19)/t15-/m0/s1. The number of rotatable bonds is 13. The van der Waals surface area contributed by atoms with Crippen molar-refractivity contribution in [3.63, 3.8) is 0 Å². The summed E-state index contributed by atoms with van der Waals surface area (Å²) in [5, 5.41) is 2.71. The molecule has 0 aliphatic heterocycles. The number of carbonyl (C=O) groups is 2. The van der Waals surface area contributed by atoms with E-state index < -0.39 is 6.04 Å². The van der Waals surface area contributed by atoms with E-state index in [4.69, 9.17) is 4.74 Å². The number of nitrogens with one attached hydrogen (secondary N) is 1. The third kappa shape index (κ3) is 12.4. The van der Waals surface area contributed by atoms with Crippen molar-refractivity contribution in [1.29, 1.82) is 0 Å². The van der Waals surface area contributed by atoms with Crippen LogP contribution < -0.4 is 5.32 Å². The Labute approximate surface area is 130 Å². The summed E-state index contributed by atoms with van der Waals surface area (Å²) in [6.07, 6.45) is 10.4. The van der Waals surface area contributed by atoms with E-state index in [9.17, 15) is 9.59 Å². The number of hydrogen-bond donors (Lipinski definition) is 1. The van der Waals surface area contributed by atoms with Crippen LogP contribution in [0.5, 0.6) is 0 Å². The molecule has 0 aromatic heterocycles. The highest BCUT2D eigenvalue weighted by atomic mass is 16.5. The predicted molar refractivity (Wildman–Crippen MR) is 86.1 cm³/mol. The minimum atomic E-state index is -0.542. The van der Waals surface area contributed by atoms with Crippen molar-refractivity contribution in [3.8, 4) is 0 Å². The van der Waals surface area contributed by atoms with E-state index in [2.05, 4.69) is 19.2 Å². The molecule has 1 N–H and O–H groups in total. The first-order valence-electron chi connectivity index (χ1n) is 8.57. The zero-order valence-corrected chi connectivity index (χ0v) is 14.1. The van der Waals surface area contributed by atoms with Crippen LogP contribution in [-0.2, 0) is 14.3 Å². The monoisotopic (exact) mass is 299 g/mol. The summed E-state index contributed by atoms with van der Waals surface area (Å²) in [5.41, 5.74) is 0. The molecule has 124 valence electrons. The lowest BCUT2D eigenvalue weighted by molar-refractivity contribution is -0.147. The van der Waals surface area contributed by atoms with Gasteiger partial charge in [0.1, 0.15) is 6.04 Å². The zero-order valence-electron chi connectivity index (χ0n) is 14.1. The second-order valence-electron chi connectivity index (χ2n) is 5.68. The summed E-state index contributed by atoms with van der Waals surface area (Å²) in [7, 11) is 0. The van der Waals surface area contributed by atoms with Crippen LogP contribution in [0.2, 0.25) is 0 Å². The fourth-order valence-electron chi connectivity index (χ4n) is 2.09. The molecule has 0 saturated heterocycles. The van der Waals surface area contributed by atoms with Crippen molar-refractivity contribution in [2.75, 3.05) is 6.61 Å². The van der Waals surface area contributed by atoms with Gasteiger partial charge in [0.25, 0.3) is 0 Å². The van der Waals surface area contributed by atoms with Gasteiger partial charge in [0, 0.05) is 6.42 Å². The number of esters is 1. The van der Waals surface area contributed by atoms with Crippen molar-refractivity contribution < 1.29 is 14.3 Å². The second kappa shape index (κ2) is 13.9. The van der Waals surface area contributed by atoms with Crippen LogP contribution in [0.1, 0.15) is 85.0 Å². The van der Waals surface area contributed by atoms with Gasteiger partial charge in [0.05, 0.1) is 6.61 Å². The van der Waals surface area contributed by atoms with Gasteiger partial charge in [-0.3, -0.25) is 4.79 Å². The Kier molecular flexibility index (Phi) is 13.2. The molecule has 0 aromatic rings. The van der Waals surface area contributed by atoms with Crippen molar-refractivity contribution in [3.05, 3.63) is 0 Å². The van der Waals surface area contributed by atoms with Crippen LogP contribution >= 0.6 is 0 Å². The second-order valence-corrected chi connectivity index (χ2v) is 5.68. The maximum Gasteiger partial charge on any atom is 0.328 e. The lowest BCUT2D eigenvalue weighted by Crippen LogP contribution is -2.39. The van der Waals surface area contributed by atoms with Crippen molar-refractivity contribution in [2.24, 2.45) is 0 Å². The molecule has 21 heavy (non-hydrogen) atoms. The molecule has 0 spiro atoms. The Bertz CT molecular complexity index is 279. The van der Waals surface area contributed by atoms with Crippen LogP contribution in [-0.4, -0.2) is 24.5 Å². The van der Waals surface area contributed by atoms with Crippen molar-refractivity contribution in [2.45, 2.75) is 91.0 Å². The van der Waals surface area contributed by atoms with E-state index in [1.807, 2.05) is 0 Å². The molecule has 0 aliphatic carbocycles. The van der Waals surface area contributed by atoms with E-state index in [1.54, 1.807) is 6.92 Å². The zero-order chi connectivity index (χ0) is 15.9. The van der Waals surface area contributed by atoms with Gasteiger partial charge in [-0.1, -0.05) is 58.8 Å². The topological polar surface area (TPSA) is 55.4 Å². The van der Waals surface area contributed by atoms with E-state index in [0.29, 0.717) is 13.0 Å². The molecule has 0 unspecified atom stereocenters. The average Bonchev–Trinajstić information content (AvgIpc) is 2.46. The van der Waals surface area contributed by atoms with E-state index in [-0.39, 0.29) is 11.9 Å². The molecule has 1 amide bonds. The highest BCUT2D eigenvalue weighted by molar-refractivity contribution is 5.84. The van der Waals surface area contributed by atoms with Crippen LogP contribution in [0.4, 0.5) is 0 Å². The summed E-state index contributed by atoms with van der Waals surface area (Å²) in [4.78, 5) is 23.4. The van der Waals surface area contributed by atoms with Crippen molar-refractivity contribution in [1.82, 2.24) is 5.32 Å². The molecular formula is C17H33NO3. The third-order valence-electron chi connectivity index (χ3n) is 3.48. The predicted octanol–water partition coefficient (Wildman–Crippen LogP) is 3.98. The highest BCUT2D eigenvalue weighted by Gasteiger charge is 2.16. The molecule has 0 rings (SSSR count). The third-order valence-corrected chi connectivity index (χ3v) is 3.48. The fourth-order valence-corrected chi connectivity index (χ4v) is 2.09. The first-order valence-corrected chi connectivity index (χ1v) is 8.57. The first kappa shape index (κ1) is 19.9. The molecule has 0 aromatic carbocycles. The lowest BCUT2D eigenvalue weighted by atomic mass is 10.1. The Morgan fingerprint density at radius 2 is 1.48 bits per heavy atom. The van der Waals surface area contributed by atoms with Gasteiger partial charge in [-0.05, 0) is 19.8 Å². The summed E-state index contributed by atoms with van der Waals surface area (Å²) in [5.74, 6) is -0.382. The van der Waals surface area contributed by atoms with Gasteiger partial charge in [-0.15, -0.1) is 0 Å². The molecule has 0 fully saturated rings. The Hall–Kier alpha value is -1.06. The van der Waals surface area contributed by atoms with Gasteiger partial charge in [-0.25, -0.2) is 4.79 Å². The van der Waals surface area contributed by atoms with Crippen LogP contribution in [0.3, 0.4) is 0 Å². The SMILES string of the molecule is CCCCCCCC(=O)N[C@@H](C)C(=O)OCCCCCC. The molecule has 4 nitrogen and oxygen atoms in total. The molecule has 0 heterocycles. The molecule has 0 radical (unpaired) electrons. The lowest BCUT2D eigenvalue weighted by Gasteiger charge is -2.13. The first-order chi connectivity index (χ1) is 10.1. The Morgan fingerprint density at radius 3 is 2.10 bits per heavy atom. The number of hydrogen-bond acceptors (Lipinski definition) is 3. The van der Waals surface area contributed by atoms with Gasteiger partial charge in [0.15, 0.2) is 0 Å². The van der Waals surface area contributed by atoms with Crippen LogP contribution in [0.15, 0.2) is 0 Å². The minimum Gasteiger partial charge on any atom is -0.464 e. The molecule has 0 bridgehead atoms. The fraction of sp³-hybridized carbons (Fsp3) is 0.882. The maximum absolute atomic E-state index is 11.7. The van der Waals surface area contributed by atoms with E-state index >= 15 is 0 Å². The largest absolute Gasteiger partial charge is 0.464 e. The summed E-state index contributed by atoms with van der Waals surface area (Å²) in [6, 6.07) is -0.542. The van der Waals surface area contributed by atoms with Crippen LogP contribution in [0, 0.1) is 0 Å². The number of ether oxygens (including phenoxy) is 1. The molecular weight excluding hydrogens is 266 g/mol. The van der Waals surface area contributed by atoms with Gasteiger partial charge in [0.2, 0.25) is 5.91 Å². The summed E-state index contributed by atoms with van der Waals surface area (Å²) in [6.45, 7) is 6.45. The average molecular weight is 299 g/mol.